The largest absolute Gasteiger partial charge is 0.480 e. The van der Waals surface area contributed by atoms with Crippen LogP contribution in [0.25, 0.3) is 0 Å². The Hall–Kier alpha value is -1.27. The van der Waals surface area contributed by atoms with Crippen LogP contribution in [0, 0.1) is 19.3 Å². The third-order valence-electron chi connectivity index (χ3n) is 1.69. The fraction of sp³-hybridized carbons (Fsp3) is 0.182. The molecule has 0 atom stereocenters. The summed E-state index contributed by atoms with van der Waals surface area (Å²) >= 11 is 3.30. The standard InChI is InChI=1S/C11H9BrO2/c1-3-4-14-11-8(2)5-10(12)6-9(11)7-13/h1,5-7H,4H2,2H3. The normalized spacial score (nSPS) is 9.21. The first-order valence-corrected chi connectivity index (χ1v) is 4.80. The number of carbonyl (C=O) groups is 1. The van der Waals surface area contributed by atoms with Crippen molar-refractivity contribution in [2.45, 2.75) is 6.92 Å². The third-order valence-corrected chi connectivity index (χ3v) is 2.15. The van der Waals surface area contributed by atoms with Gasteiger partial charge in [0, 0.05) is 4.47 Å². The molecule has 0 aliphatic carbocycles. The van der Waals surface area contributed by atoms with E-state index in [1.807, 2.05) is 13.0 Å². The summed E-state index contributed by atoms with van der Waals surface area (Å²) in [6.45, 7) is 2.03. The van der Waals surface area contributed by atoms with Gasteiger partial charge >= 0.3 is 0 Å². The van der Waals surface area contributed by atoms with E-state index in [2.05, 4.69) is 21.9 Å². The highest BCUT2D eigenvalue weighted by Gasteiger charge is 2.07. The van der Waals surface area contributed by atoms with E-state index in [0.717, 1.165) is 16.3 Å². The van der Waals surface area contributed by atoms with E-state index >= 15 is 0 Å². The van der Waals surface area contributed by atoms with Gasteiger partial charge in [0.25, 0.3) is 0 Å². The number of halogens is 1. The molecule has 0 unspecified atom stereocenters. The van der Waals surface area contributed by atoms with Crippen LogP contribution < -0.4 is 4.74 Å². The molecule has 1 rings (SSSR count). The maximum Gasteiger partial charge on any atom is 0.153 e. The van der Waals surface area contributed by atoms with Gasteiger partial charge in [-0.25, -0.2) is 0 Å². The van der Waals surface area contributed by atoms with Gasteiger partial charge in [-0.15, -0.1) is 6.42 Å². The maximum absolute atomic E-state index is 10.7. The second kappa shape index (κ2) is 4.83. The second-order valence-corrected chi connectivity index (χ2v) is 3.67. The zero-order valence-corrected chi connectivity index (χ0v) is 9.30. The van der Waals surface area contributed by atoms with Crippen LogP contribution >= 0.6 is 15.9 Å². The fourth-order valence-electron chi connectivity index (χ4n) is 1.15. The highest BCUT2D eigenvalue weighted by molar-refractivity contribution is 9.10. The van der Waals surface area contributed by atoms with Crippen LogP contribution in [0.5, 0.6) is 5.75 Å². The SMILES string of the molecule is C#CCOc1c(C)cc(Br)cc1C=O. The Morgan fingerprint density at radius 3 is 2.93 bits per heavy atom. The fourth-order valence-corrected chi connectivity index (χ4v) is 1.74. The maximum atomic E-state index is 10.7. The Balaban J connectivity index is 3.13. The summed E-state index contributed by atoms with van der Waals surface area (Å²) in [4.78, 5) is 10.7. The quantitative estimate of drug-likeness (QED) is 0.611. The first-order chi connectivity index (χ1) is 6.69. The van der Waals surface area contributed by atoms with Crippen molar-refractivity contribution < 1.29 is 9.53 Å². The molecule has 2 nitrogen and oxygen atoms in total. The molecule has 0 heterocycles. The molecule has 0 amide bonds. The minimum atomic E-state index is 0.170. The molecule has 0 spiro atoms. The summed E-state index contributed by atoms with van der Waals surface area (Å²) in [5.41, 5.74) is 1.39. The Morgan fingerprint density at radius 2 is 2.36 bits per heavy atom. The molecule has 0 aliphatic heterocycles. The molecule has 0 saturated carbocycles. The summed E-state index contributed by atoms with van der Waals surface area (Å²) in [6, 6.07) is 3.57. The first-order valence-electron chi connectivity index (χ1n) is 4.00. The van der Waals surface area contributed by atoms with Crippen molar-refractivity contribution in [3.8, 4) is 18.1 Å². The lowest BCUT2D eigenvalue weighted by molar-refractivity contribution is 0.112. The predicted molar refractivity (Wildman–Crippen MR) is 58.6 cm³/mol. The molecule has 14 heavy (non-hydrogen) atoms. The van der Waals surface area contributed by atoms with Crippen molar-refractivity contribution in [1.82, 2.24) is 0 Å². The van der Waals surface area contributed by atoms with Crippen molar-refractivity contribution >= 4 is 22.2 Å². The van der Waals surface area contributed by atoms with E-state index in [-0.39, 0.29) is 6.61 Å². The van der Waals surface area contributed by atoms with Crippen molar-refractivity contribution in [3.63, 3.8) is 0 Å². The minimum absolute atomic E-state index is 0.170. The summed E-state index contributed by atoms with van der Waals surface area (Å²) in [6.07, 6.45) is 5.83. The van der Waals surface area contributed by atoms with Crippen LogP contribution in [0.4, 0.5) is 0 Å². The van der Waals surface area contributed by atoms with E-state index in [9.17, 15) is 4.79 Å². The lowest BCUT2D eigenvalue weighted by atomic mass is 10.1. The van der Waals surface area contributed by atoms with Gasteiger partial charge in [0.1, 0.15) is 12.4 Å². The van der Waals surface area contributed by atoms with Crippen LogP contribution in [0.1, 0.15) is 15.9 Å². The number of hydrogen-bond donors (Lipinski definition) is 0. The van der Waals surface area contributed by atoms with E-state index in [1.54, 1.807) is 6.07 Å². The molecule has 72 valence electrons. The average Bonchev–Trinajstić information content (AvgIpc) is 2.15. The van der Waals surface area contributed by atoms with E-state index in [4.69, 9.17) is 11.2 Å². The molecule has 0 radical (unpaired) electrons. The molecule has 0 N–H and O–H groups in total. The van der Waals surface area contributed by atoms with Gasteiger partial charge in [-0.1, -0.05) is 21.9 Å². The van der Waals surface area contributed by atoms with Crippen molar-refractivity contribution in [3.05, 3.63) is 27.7 Å². The number of rotatable bonds is 3. The van der Waals surface area contributed by atoms with Crippen molar-refractivity contribution in [2.75, 3.05) is 6.61 Å². The van der Waals surface area contributed by atoms with Gasteiger partial charge in [-0.05, 0) is 24.6 Å². The number of hydrogen-bond acceptors (Lipinski definition) is 2. The molecule has 1 aromatic rings. The second-order valence-electron chi connectivity index (χ2n) is 2.75. The third kappa shape index (κ3) is 2.36. The van der Waals surface area contributed by atoms with Crippen molar-refractivity contribution in [2.24, 2.45) is 0 Å². The first kappa shape index (κ1) is 10.8. The minimum Gasteiger partial charge on any atom is -0.480 e. The number of carbonyl (C=O) groups excluding carboxylic acids is 1. The van der Waals surface area contributed by atoms with Crippen LogP contribution in [0.3, 0.4) is 0 Å². The van der Waals surface area contributed by atoms with E-state index < -0.39 is 0 Å². The number of terminal acetylenes is 1. The van der Waals surface area contributed by atoms with E-state index in [1.165, 1.54) is 0 Å². The highest BCUT2D eigenvalue weighted by atomic mass is 79.9. The Labute approximate surface area is 91.4 Å². The predicted octanol–water partition coefficient (Wildman–Crippen LogP) is 2.58. The lowest BCUT2D eigenvalue weighted by Gasteiger charge is -2.09. The number of aldehydes is 1. The molecule has 1 aromatic carbocycles. The summed E-state index contributed by atoms with van der Waals surface area (Å²) < 4.78 is 6.13. The van der Waals surface area contributed by atoms with Gasteiger partial charge in [-0.2, -0.15) is 0 Å². The zero-order valence-electron chi connectivity index (χ0n) is 7.71. The molecule has 0 aromatic heterocycles. The highest BCUT2D eigenvalue weighted by Crippen LogP contribution is 2.26. The van der Waals surface area contributed by atoms with Gasteiger partial charge in [-0.3, -0.25) is 4.79 Å². The summed E-state index contributed by atoms with van der Waals surface area (Å²) in [5.74, 6) is 2.92. The molecule has 0 saturated heterocycles. The van der Waals surface area contributed by atoms with Gasteiger partial charge < -0.3 is 4.74 Å². The molecular formula is C11H9BrO2. The van der Waals surface area contributed by atoms with Gasteiger partial charge in [0.2, 0.25) is 0 Å². The molecule has 0 bridgehead atoms. The Bertz CT molecular complexity index is 391. The number of ether oxygens (including phenoxy) is 1. The van der Waals surface area contributed by atoms with Crippen LogP contribution in [0.2, 0.25) is 0 Å². The number of aryl methyl sites for hydroxylation is 1. The zero-order chi connectivity index (χ0) is 10.6. The molecule has 0 fully saturated rings. The average molecular weight is 253 g/mol. The lowest BCUT2D eigenvalue weighted by Crippen LogP contribution is -1.99. The Kier molecular flexibility index (Phi) is 3.73. The van der Waals surface area contributed by atoms with Crippen LogP contribution in [-0.2, 0) is 0 Å². The topological polar surface area (TPSA) is 26.3 Å². The smallest absolute Gasteiger partial charge is 0.153 e. The van der Waals surface area contributed by atoms with E-state index in [0.29, 0.717) is 11.3 Å². The van der Waals surface area contributed by atoms with Gasteiger partial charge in [0.15, 0.2) is 6.29 Å². The van der Waals surface area contributed by atoms with Crippen LogP contribution in [0.15, 0.2) is 16.6 Å². The molecular weight excluding hydrogens is 244 g/mol. The monoisotopic (exact) mass is 252 g/mol. The molecule has 3 heteroatoms. The van der Waals surface area contributed by atoms with Gasteiger partial charge in [0.05, 0.1) is 5.56 Å². The Morgan fingerprint density at radius 1 is 1.64 bits per heavy atom. The van der Waals surface area contributed by atoms with Crippen molar-refractivity contribution in [1.29, 1.82) is 0 Å². The number of benzene rings is 1. The summed E-state index contributed by atoms with van der Waals surface area (Å²) in [5, 5.41) is 0. The summed E-state index contributed by atoms with van der Waals surface area (Å²) in [7, 11) is 0. The molecule has 0 aliphatic rings. The van der Waals surface area contributed by atoms with Crippen LogP contribution in [-0.4, -0.2) is 12.9 Å².